The minimum Gasteiger partial charge on any atom is -0.477 e. The van der Waals surface area contributed by atoms with Crippen LogP contribution in [-0.4, -0.2) is 91.4 Å². The monoisotopic (exact) mass is 631 g/mol. The maximum absolute atomic E-state index is 12.7. The number of piperazine rings is 1. The van der Waals surface area contributed by atoms with E-state index in [4.69, 9.17) is 14.5 Å². The van der Waals surface area contributed by atoms with E-state index in [1.54, 1.807) is 4.90 Å². The highest BCUT2D eigenvalue weighted by atomic mass is 16.5. The van der Waals surface area contributed by atoms with E-state index in [9.17, 15) is 15.3 Å². The van der Waals surface area contributed by atoms with Crippen molar-refractivity contribution in [2.24, 2.45) is 0 Å². The fourth-order valence-corrected chi connectivity index (χ4v) is 8.00. The number of fused-ring (bicyclic) bond motifs is 4. The van der Waals surface area contributed by atoms with Crippen LogP contribution in [-0.2, 0) is 22.5 Å². The van der Waals surface area contributed by atoms with Crippen molar-refractivity contribution >= 4 is 28.1 Å². The van der Waals surface area contributed by atoms with Crippen LogP contribution in [0.25, 0.3) is 10.8 Å². The molecule has 0 aliphatic carbocycles. The standard InChI is InChI=1S/C37H41N7O3/c1-3-34(45)44-17-16-43(21-27(44)11-13-38)36-30-12-15-42(33-10-5-9-26-8-4-7-25(2)35(26)33)23-32(30)40-37(31(36)20-39)46-18-6-14-41-22-29-19-28(41)24-47-29/h3-5,7-10,27-29H,1,6,11-12,14-19,21-24H2,2H3/t27?,28-,29-/m1/s1. The highest BCUT2D eigenvalue weighted by Gasteiger charge is 2.38. The number of rotatable bonds is 9. The van der Waals surface area contributed by atoms with Crippen molar-refractivity contribution in [1.82, 2.24) is 14.8 Å². The number of nitrogens with zero attached hydrogens (tertiary/aromatic N) is 7. The van der Waals surface area contributed by atoms with Crippen molar-refractivity contribution in [3.05, 3.63) is 71.4 Å². The zero-order valence-corrected chi connectivity index (χ0v) is 27.0. The largest absolute Gasteiger partial charge is 0.477 e. The third-order valence-corrected chi connectivity index (χ3v) is 10.3. The van der Waals surface area contributed by atoms with Crippen molar-refractivity contribution < 1.29 is 14.3 Å². The van der Waals surface area contributed by atoms with Gasteiger partial charge < -0.3 is 24.2 Å². The summed E-state index contributed by atoms with van der Waals surface area (Å²) in [4.78, 5) is 26.5. The Bertz CT molecular complexity index is 1770. The van der Waals surface area contributed by atoms with Crippen LogP contribution in [0.15, 0.2) is 49.1 Å². The molecule has 0 radical (unpaired) electrons. The van der Waals surface area contributed by atoms with Crippen LogP contribution in [0.4, 0.5) is 11.4 Å². The molecule has 2 aromatic carbocycles. The molecule has 1 amide bonds. The number of ether oxygens (including phenoxy) is 2. The molecular formula is C37H41N7O3. The number of benzene rings is 2. The lowest BCUT2D eigenvalue weighted by atomic mass is 9.95. The Balaban J connectivity index is 1.21. The maximum atomic E-state index is 12.7. The first kappa shape index (κ1) is 31.0. The molecular weight excluding hydrogens is 590 g/mol. The second-order valence-electron chi connectivity index (χ2n) is 13.0. The van der Waals surface area contributed by atoms with Crippen molar-refractivity contribution in [2.45, 2.75) is 57.3 Å². The second kappa shape index (κ2) is 13.2. The molecule has 3 fully saturated rings. The molecule has 4 aliphatic rings. The molecule has 1 aromatic heterocycles. The van der Waals surface area contributed by atoms with Gasteiger partial charge in [0.1, 0.15) is 11.6 Å². The Hall–Kier alpha value is -4.64. The number of morpholine rings is 1. The molecule has 242 valence electrons. The molecule has 5 heterocycles. The van der Waals surface area contributed by atoms with E-state index < -0.39 is 0 Å². The topological polar surface area (TPSA) is 109 Å². The number of carbonyl (C=O) groups excluding carboxylic acids is 1. The summed E-state index contributed by atoms with van der Waals surface area (Å²) < 4.78 is 12.1. The van der Waals surface area contributed by atoms with Gasteiger partial charge in [-0.15, -0.1) is 0 Å². The first-order valence-corrected chi connectivity index (χ1v) is 16.7. The summed E-state index contributed by atoms with van der Waals surface area (Å²) in [5.74, 6) is 0.190. The number of aromatic nitrogens is 1. The van der Waals surface area contributed by atoms with Gasteiger partial charge in [-0.3, -0.25) is 9.69 Å². The van der Waals surface area contributed by atoms with Gasteiger partial charge >= 0.3 is 0 Å². The fraction of sp³-hybridized carbons (Fsp3) is 0.459. The number of carbonyl (C=O) groups is 1. The fourth-order valence-electron chi connectivity index (χ4n) is 8.00. The number of aryl methyl sites for hydroxylation is 1. The van der Waals surface area contributed by atoms with E-state index in [2.05, 4.69) is 76.7 Å². The molecule has 0 N–H and O–H groups in total. The van der Waals surface area contributed by atoms with Crippen molar-refractivity contribution in [2.75, 3.05) is 62.3 Å². The van der Waals surface area contributed by atoms with E-state index in [0.717, 1.165) is 56.0 Å². The van der Waals surface area contributed by atoms with Gasteiger partial charge in [0.25, 0.3) is 0 Å². The van der Waals surface area contributed by atoms with Gasteiger partial charge in [-0.1, -0.05) is 36.9 Å². The normalized spacial score (nSPS) is 22.2. The third kappa shape index (κ3) is 5.88. The zero-order chi connectivity index (χ0) is 32.5. The lowest BCUT2D eigenvalue weighted by molar-refractivity contribution is -0.128. The van der Waals surface area contributed by atoms with Crippen LogP contribution in [0.5, 0.6) is 5.88 Å². The highest BCUT2D eigenvalue weighted by molar-refractivity contribution is 5.97. The van der Waals surface area contributed by atoms with Gasteiger partial charge in [0.15, 0.2) is 0 Å². The van der Waals surface area contributed by atoms with Crippen LogP contribution in [0, 0.1) is 29.6 Å². The maximum Gasteiger partial charge on any atom is 0.246 e. The molecule has 10 heteroatoms. The number of nitriles is 2. The predicted octanol–water partition coefficient (Wildman–Crippen LogP) is 4.34. The molecule has 1 unspecified atom stereocenters. The van der Waals surface area contributed by atoms with Gasteiger partial charge in [-0.25, -0.2) is 4.98 Å². The minimum atomic E-state index is -0.308. The first-order valence-electron chi connectivity index (χ1n) is 16.7. The van der Waals surface area contributed by atoms with Gasteiger partial charge in [0.2, 0.25) is 11.8 Å². The average Bonchev–Trinajstić information content (AvgIpc) is 3.73. The molecule has 4 aliphatic heterocycles. The Morgan fingerprint density at radius 3 is 2.74 bits per heavy atom. The van der Waals surface area contributed by atoms with E-state index in [1.807, 2.05) is 0 Å². The van der Waals surface area contributed by atoms with Crippen LogP contribution in [0.1, 0.15) is 41.6 Å². The smallest absolute Gasteiger partial charge is 0.246 e. The van der Waals surface area contributed by atoms with E-state index >= 15 is 0 Å². The molecule has 3 aromatic rings. The van der Waals surface area contributed by atoms with Crippen molar-refractivity contribution in [1.29, 1.82) is 10.5 Å². The third-order valence-electron chi connectivity index (χ3n) is 10.3. The Morgan fingerprint density at radius 2 is 2.00 bits per heavy atom. The molecule has 3 atom stereocenters. The van der Waals surface area contributed by atoms with Crippen LogP contribution < -0.4 is 14.5 Å². The summed E-state index contributed by atoms with van der Waals surface area (Å²) in [6.45, 7) is 11.8. The summed E-state index contributed by atoms with van der Waals surface area (Å²) in [5, 5.41) is 22.7. The number of hydrogen-bond acceptors (Lipinski definition) is 9. The Kier molecular flexibility index (Phi) is 8.72. The van der Waals surface area contributed by atoms with Gasteiger partial charge in [-0.05, 0) is 49.3 Å². The predicted molar refractivity (Wildman–Crippen MR) is 180 cm³/mol. The summed E-state index contributed by atoms with van der Waals surface area (Å²) in [6.07, 6.45) is 4.52. The van der Waals surface area contributed by atoms with Gasteiger partial charge in [-0.2, -0.15) is 10.5 Å². The molecule has 0 saturated carbocycles. The van der Waals surface area contributed by atoms with Gasteiger partial charge in [0, 0.05) is 61.9 Å². The first-order chi connectivity index (χ1) is 23.0. The molecule has 3 saturated heterocycles. The average molecular weight is 632 g/mol. The van der Waals surface area contributed by atoms with Crippen LogP contribution >= 0.6 is 0 Å². The number of likely N-dealkylation sites (tertiary alicyclic amines) is 1. The quantitative estimate of drug-likeness (QED) is 0.252. The Labute approximate surface area is 276 Å². The number of pyridine rings is 1. The summed E-state index contributed by atoms with van der Waals surface area (Å²) >= 11 is 0. The van der Waals surface area contributed by atoms with E-state index in [-0.39, 0.29) is 18.4 Å². The number of hydrogen-bond donors (Lipinski definition) is 0. The van der Waals surface area contributed by atoms with Crippen LogP contribution in [0.3, 0.4) is 0 Å². The lowest BCUT2D eigenvalue weighted by Gasteiger charge is -2.43. The highest BCUT2D eigenvalue weighted by Crippen LogP contribution is 2.40. The van der Waals surface area contributed by atoms with E-state index in [0.29, 0.717) is 62.8 Å². The molecule has 0 spiro atoms. The van der Waals surface area contributed by atoms with E-state index in [1.165, 1.54) is 28.1 Å². The zero-order valence-electron chi connectivity index (χ0n) is 27.0. The summed E-state index contributed by atoms with van der Waals surface area (Å²) in [5.41, 5.74) is 5.64. The van der Waals surface area contributed by atoms with Crippen molar-refractivity contribution in [3.63, 3.8) is 0 Å². The Morgan fingerprint density at radius 1 is 1.15 bits per heavy atom. The molecule has 7 rings (SSSR count). The lowest BCUT2D eigenvalue weighted by Crippen LogP contribution is -2.55. The van der Waals surface area contributed by atoms with Gasteiger partial charge in [0.05, 0.1) is 55.8 Å². The summed E-state index contributed by atoms with van der Waals surface area (Å²) in [6, 6.07) is 17.7. The molecule has 47 heavy (non-hydrogen) atoms. The van der Waals surface area contributed by atoms with Crippen molar-refractivity contribution in [3.8, 4) is 18.0 Å². The number of amides is 1. The minimum absolute atomic E-state index is 0.176. The SMILES string of the molecule is C=CC(=O)N1CCN(c2c(C#N)c(OCCCN3C[C@H]4C[C@@H]3CO4)nc3c2CCN(c2cccc4cccc(C)c24)C3)CC1CC#N. The van der Waals surface area contributed by atoms with Crippen LogP contribution in [0.2, 0.25) is 0 Å². The second-order valence-corrected chi connectivity index (χ2v) is 13.0. The number of anilines is 2. The molecule has 2 bridgehead atoms. The molecule has 10 nitrogen and oxygen atoms in total. The summed E-state index contributed by atoms with van der Waals surface area (Å²) in [7, 11) is 0.